The molecular weight excluding hydrogens is 182 g/mol. The van der Waals surface area contributed by atoms with E-state index in [1.807, 2.05) is 0 Å². The molecule has 1 aromatic heterocycles. The fraction of sp³-hybridized carbons (Fsp3) is 0.600. The molecule has 1 aliphatic heterocycles. The fourth-order valence-corrected chi connectivity index (χ4v) is 2.51. The second-order valence-corrected chi connectivity index (χ2v) is 4.44. The number of aliphatic hydroxyl groups is 1. The predicted octanol–water partition coefficient (Wildman–Crippen LogP) is 1.26. The minimum absolute atomic E-state index is 0.110. The summed E-state index contributed by atoms with van der Waals surface area (Å²) in [4.78, 5) is 0. The molecule has 0 amide bonds. The van der Waals surface area contributed by atoms with Gasteiger partial charge in [-0.25, -0.2) is 0 Å². The standard InChI is InChI=1S/C10H15NOS/c12-10-1-3-11-6-9(10)5-8-2-4-13-7-8/h2,4,7,9-12H,1,3,5-6H2. The first-order valence-electron chi connectivity index (χ1n) is 4.76. The lowest BCUT2D eigenvalue weighted by atomic mass is 9.91. The van der Waals surface area contributed by atoms with Crippen LogP contribution in [0, 0.1) is 5.92 Å². The zero-order valence-corrected chi connectivity index (χ0v) is 8.39. The molecule has 3 heteroatoms. The highest BCUT2D eigenvalue weighted by Gasteiger charge is 2.22. The lowest BCUT2D eigenvalue weighted by Gasteiger charge is -2.28. The van der Waals surface area contributed by atoms with Crippen LogP contribution >= 0.6 is 11.3 Å². The zero-order valence-electron chi connectivity index (χ0n) is 7.57. The summed E-state index contributed by atoms with van der Waals surface area (Å²) in [6, 6.07) is 2.14. The van der Waals surface area contributed by atoms with Crippen LogP contribution in [0.2, 0.25) is 0 Å². The SMILES string of the molecule is OC1CCNCC1Cc1ccsc1. The molecule has 1 fully saturated rings. The number of aliphatic hydroxyl groups excluding tert-OH is 1. The van der Waals surface area contributed by atoms with E-state index in [1.54, 1.807) is 11.3 Å². The minimum atomic E-state index is -0.110. The summed E-state index contributed by atoms with van der Waals surface area (Å²) in [7, 11) is 0. The van der Waals surface area contributed by atoms with E-state index < -0.39 is 0 Å². The largest absolute Gasteiger partial charge is 0.393 e. The smallest absolute Gasteiger partial charge is 0.0595 e. The molecule has 0 aliphatic carbocycles. The normalized spacial score (nSPS) is 29.0. The molecule has 2 unspecified atom stereocenters. The molecule has 1 aromatic rings. The van der Waals surface area contributed by atoms with E-state index in [0.717, 1.165) is 25.9 Å². The molecule has 2 atom stereocenters. The van der Waals surface area contributed by atoms with Crippen molar-refractivity contribution in [2.45, 2.75) is 18.9 Å². The van der Waals surface area contributed by atoms with Crippen LogP contribution in [0.4, 0.5) is 0 Å². The molecule has 2 N–H and O–H groups in total. The Morgan fingerprint density at radius 1 is 1.62 bits per heavy atom. The van der Waals surface area contributed by atoms with Gasteiger partial charge in [-0.1, -0.05) is 0 Å². The van der Waals surface area contributed by atoms with Crippen molar-refractivity contribution in [3.8, 4) is 0 Å². The van der Waals surface area contributed by atoms with Crippen LogP contribution in [0.1, 0.15) is 12.0 Å². The molecule has 1 saturated heterocycles. The van der Waals surface area contributed by atoms with Crippen LogP contribution in [-0.2, 0) is 6.42 Å². The monoisotopic (exact) mass is 197 g/mol. The summed E-state index contributed by atoms with van der Waals surface area (Å²) in [6.07, 6.45) is 1.80. The van der Waals surface area contributed by atoms with Crippen LogP contribution < -0.4 is 5.32 Å². The van der Waals surface area contributed by atoms with Gasteiger partial charge in [-0.05, 0) is 41.8 Å². The van der Waals surface area contributed by atoms with Gasteiger partial charge in [-0.2, -0.15) is 11.3 Å². The Morgan fingerprint density at radius 2 is 2.54 bits per heavy atom. The average molecular weight is 197 g/mol. The van der Waals surface area contributed by atoms with E-state index in [4.69, 9.17) is 0 Å². The van der Waals surface area contributed by atoms with Crippen molar-refractivity contribution in [2.75, 3.05) is 13.1 Å². The Morgan fingerprint density at radius 3 is 3.23 bits per heavy atom. The topological polar surface area (TPSA) is 32.3 Å². The Labute approximate surface area is 82.6 Å². The Hall–Kier alpha value is -0.380. The number of thiophene rings is 1. The van der Waals surface area contributed by atoms with E-state index in [-0.39, 0.29) is 6.10 Å². The van der Waals surface area contributed by atoms with E-state index in [2.05, 4.69) is 22.1 Å². The predicted molar refractivity (Wildman–Crippen MR) is 55.0 cm³/mol. The van der Waals surface area contributed by atoms with Crippen molar-refractivity contribution >= 4 is 11.3 Å². The third-order valence-electron chi connectivity index (χ3n) is 2.65. The van der Waals surface area contributed by atoms with Crippen LogP contribution in [-0.4, -0.2) is 24.3 Å². The molecule has 72 valence electrons. The average Bonchev–Trinajstić information content (AvgIpc) is 2.61. The van der Waals surface area contributed by atoms with Gasteiger partial charge >= 0.3 is 0 Å². The van der Waals surface area contributed by atoms with Gasteiger partial charge in [0.25, 0.3) is 0 Å². The molecular formula is C10H15NOS. The summed E-state index contributed by atoms with van der Waals surface area (Å²) in [5, 5.41) is 17.3. The molecule has 0 saturated carbocycles. The lowest BCUT2D eigenvalue weighted by Crippen LogP contribution is -2.40. The van der Waals surface area contributed by atoms with Crippen molar-refractivity contribution in [2.24, 2.45) is 5.92 Å². The number of piperidine rings is 1. The highest BCUT2D eigenvalue weighted by Crippen LogP contribution is 2.18. The summed E-state index contributed by atoms with van der Waals surface area (Å²) in [5.41, 5.74) is 1.36. The van der Waals surface area contributed by atoms with Crippen LogP contribution in [0.15, 0.2) is 16.8 Å². The maximum Gasteiger partial charge on any atom is 0.0595 e. The summed E-state index contributed by atoms with van der Waals surface area (Å²) in [5.74, 6) is 0.406. The first-order valence-corrected chi connectivity index (χ1v) is 5.70. The van der Waals surface area contributed by atoms with Crippen molar-refractivity contribution in [3.63, 3.8) is 0 Å². The summed E-state index contributed by atoms with van der Waals surface area (Å²) in [6.45, 7) is 1.91. The molecule has 0 aromatic carbocycles. The van der Waals surface area contributed by atoms with Crippen LogP contribution in [0.5, 0.6) is 0 Å². The van der Waals surface area contributed by atoms with Crippen molar-refractivity contribution in [1.29, 1.82) is 0 Å². The number of nitrogens with one attached hydrogen (secondary N) is 1. The lowest BCUT2D eigenvalue weighted by molar-refractivity contribution is 0.0792. The second-order valence-electron chi connectivity index (χ2n) is 3.66. The third-order valence-corrected chi connectivity index (χ3v) is 3.38. The first-order chi connectivity index (χ1) is 6.36. The number of rotatable bonds is 2. The number of hydrogen-bond acceptors (Lipinski definition) is 3. The van der Waals surface area contributed by atoms with Gasteiger partial charge in [0.2, 0.25) is 0 Å². The highest BCUT2D eigenvalue weighted by atomic mass is 32.1. The first kappa shape index (κ1) is 9.19. The van der Waals surface area contributed by atoms with Crippen molar-refractivity contribution in [1.82, 2.24) is 5.32 Å². The van der Waals surface area contributed by atoms with Gasteiger partial charge in [0.1, 0.15) is 0 Å². The van der Waals surface area contributed by atoms with Gasteiger partial charge < -0.3 is 10.4 Å². The molecule has 0 bridgehead atoms. The van der Waals surface area contributed by atoms with Crippen LogP contribution in [0.3, 0.4) is 0 Å². The molecule has 2 heterocycles. The summed E-state index contributed by atoms with van der Waals surface area (Å²) >= 11 is 1.73. The van der Waals surface area contributed by atoms with E-state index in [1.165, 1.54) is 5.56 Å². The molecule has 13 heavy (non-hydrogen) atoms. The third kappa shape index (κ3) is 2.30. The van der Waals surface area contributed by atoms with Crippen molar-refractivity contribution < 1.29 is 5.11 Å². The molecule has 2 nitrogen and oxygen atoms in total. The van der Waals surface area contributed by atoms with Crippen molar-refractivity contribution in [3.05, 3.63) is 22.4 Å². The fourth-order valence-electron chi connectivity index (χ4n) is 1.83. The van der Waals surface area contributed by atoms with E-state index in [0.29, 0.717) is 5.92 Å². The summed E-state index contributed by atoms with van der Waals surface area (Å²) < 4.78 is 0. The Kier molecular flexibility index (Phi) is 2.98. The Bertz CT molecular complexity index is 247. The van der Waals surface area contributed by atoms with E-state index >= 15 is 0 Å². The van der Waals surface area contributed by atoms with Crippen LogP contribution in [0.25, 0.3) is 0 Å². The zero-order chi connectivity index (χ0) is 9.10. The highest BCUT2D eigenvalue weighted by molar-refractivity contribution is 7.07. The van der Waals surface area contributed by atoms with Gasteiger partial charge in [0.05, 0.1) is 6.10 Å². The maximum absolute atomic E-state index is 9.73. The van der Waals surface area contributed by atoms with Gasteiger partial charge in [-0.15, -0.1) is 0 Å². The quantitative estimate of drug-likeness (QED) is 0.748. The minimum Gasteiger partial charge on any atom is -0.393 e. The Balaban J connectivity index is 1.93. The van der Waals surface area contributed by atoms with E-state index in [9.17, 15) is 5.11 Å². The number of hydrogen-bond donors (Lipinski definition) is 2. The molecule has 0 spiro atoms. The van der Waals surface area contributed by atoms with Gasteiger partial charge in [-0.3, -0.25) is 0 Å². The van der Waals surface area contributed by atoms with Gasteiger partial charge in [0, 0.05) is 12.5 Å². The van der Waals surface area contributed by atoms with Gasteiger partial charge in [0.15, 0.2) is 0 Å². The molecule has 0 radical (unpaired) electrons. The maximum atomic E-state index is 9.73. The molecule has 2 rings (SSSR count). The second kappa shape index (κ2) is 4.22. The molecule has 1 aliphatic rings.